The van der Waals surface area contributed by atoms with Crippen LogP contribution < -0.4 is 5.32 Å². The summed E-state index contributed by atoms with van der Waals surface area (Å²) in [6, 6.07) is 4.58. The van der Waals surface area contributed by atoms with Crippen molar-refractivity contribution >= 4 is 17.3 Å². The smallest absolute Gasteiger partial charge is 0.270 e. The predicted molar refractivity (Wildman–Crippen MR) is 78.4 cm³/mol. The minimum Gasteiger partial charge on any atom is -0.312 e. The molecule has 0 radical (unpaired) electrons. The summed E-state index contributed by atoms with van der Waals surface area (Å²) in [4.78, 5) is 10.2. The van der Waals surface area contributed by atoms with Crippen LogP contribution in [0.1, 0.15) is 33.3 Å². The monoisotopic (exact) mass is 284 g/mol. The van der Waals surface area contributed by atoms with Crippen molar-refractivity contribution in [1.82, 2.24) is 5.32 Å². The van der Waals surface area contributed by atoms with E-state index in [0.29, 0.717) is 17.5 Å². The third kappa shape index (κ3) is 4.48. The lowest BCUT2D eigenvalue weighted by atomic mass is 9.81. The molecule has 0 aliphatic heterocycles. The Morgan fingerprint density at radius 2 is 2.05 bits per heavy atom. The van der Waals surface area contributed by atoms with E-state index >= 15 is 0 Å². The van der Waals surface area contributed by atoms with Crippen molar-refractivity contribution < 1.29 is 4.92 Å². The van der Waals surface area contributed by atoms with E-state index in [1.807, 2.05) is 0 Å². The Balaban J connectivity index is 2.62. The Morgan fingerprint density at radius 1 is 1.42 bits per heavy atom. The lowest BCUT2D eigenvalue weighted by Crippen LogP contribution is -2.33. The van der Waals surface area contributed by atoms with Crippen LogP contribution in [-0.4, -0.2) is 11.5 Å². The van der Waals surface area contributed by atoms with Gasteiger partial charge < -0.3 is 5.32 Å². The maximum absolute atomic E-state index is 10.6. The minimum atomic E-state index is -0.440. The van der Waals surface area contributed by atoms with E-state index in [-0.39, 0.29) is 11.1 Å². The van der Waals surface area contributed by atoms with Crippen molar-refractivity contribution in [3.63, 3.8) is 0 Å². The van der Waals surface area contributed by atoms with Gasteiger partial charge in [0.1, 0.15) is 0 Å². The zero-order chi connectivity index (χ0) is 14.6. The van der Waals surface area contributed by atoms with Gasteiger partial charge in [0, 0.05) is 25.2 Å². The highest BCUT2D eigenvalue weighted by molar-refractivity contribution is 6.31. The summed E-state index contributed by atoms with van der Waals surface area (Å²) in [5.74, 6) is 0.576. The maximum atomic E-state index is 10.6. The van der Waals surface area contributed by atoms with E-state index in [2.05, 4.69) is 33.0 Å². The molecular formula is C14H21ClN2O2. The molecule has 0 aromatic heterocycles. The fourth-order valence-corrected chi connectivity index (χ4v) is 1.76. The molecule has 1 aromatic rings. The summed E-state index contributed by atoms with van der Waals surface area (Å²) in [6.45, 7) is 10.3. The van der Waals surface area contributed by atoms with Gasteiger partial charge in [-0.15, -0.1) is 0 Å². The number of nitro benzene ring substituents is 1. The van der Waals surface area contributed by atoms with Crippen molar-refractivity contribution in [3.8, 4) is 0 Å². The van der Waals surface area contributed by atoms with Crippen LogP contribution in [-0.2, 0) is 6.54 Å². The van der Waals surface area contributed by atoms with E-state index in [0.717, 1.165) is 12.1 Å². The van der Waals surface area contributed by atoms with Gasteiger partial charge in [-0.25, -0.2) is 0 Å². The van der Waals surface area contributed by atoms with Gasteiger partial charge in [-0.1, -0.05) is 39.3 Å². The summed E-state index contributed by atoms with van der Waals surface area (Å²) >= 11 is 6.04. The Kier molecular flexibility index (Phi) is 5.32. The van der Waals surface area contributed by atoms with Crippen LogP contribution in [0.25, 0.3) is 0 Å². The number of nitrogens with zero attached hydrogens (tertiary/aromatic N) is 1. The van der Waals surface area contributed by atoms with Gasteiger partial charge in [0.15, 0.2) is 0 Å². The molecule has 0 unspecified atom stereocenters. The number of rotatable bonds is 6. The van der Waals surface area contributed by atoms with Gasteiger partial charge in [-0.2, -0.15) is 0 Å². The topological polar surface area (TPSA) is 55.2 Å². The van der Waals surface area contributed by atoms with Crippen molar-refractivity contribution in [2.24, 2.45) is 11.3 Å². The van der Waals surface area contributed by atoms with Gasteiger partial charge in [-0.05, 0) is 23.0 Å². The Morgan fingerprint density at radius 3 is 2.53 bits per heavy atom. The Hall–Kier alpha value is -1.13. The number of nitrogens with one attached hydrogen (secondary N) is 1. The van der Waals surface area contributed by atoms with E-state index < -0.39 is 4.92 Å². The number of hydrogen-bond acceptors (Lipinski definition) is 3. The maximum Gasteiger partial charge on any atom is 0.270 e. The molecule has 0 atom stereocenters. The van der Waals surface area contributed by atoms with Crippen LogP contribution >= 0.6 is 11.6 Å². The molecule has 1 rings (SSSR count). The molecule has 0 saturated carbocycles. The summed E-state index contributed by atoms with van der Waals surface area (Å²) < 4.78 is 0. The summed E-state index contributed by atoms with van der Waals surface area (Å²) in [5, 5.41) is 14.4. The first-order valence-electron chi connectivity index (χ1n) is 6.37. The number of nitro groups is 1. The highest BCUT2D eigenvalue weighted by atomic mass is 35.5. The standard InChI is InChI=1S/C14H21ClN2O2/c1-10(2)14(3,4)9-16-8-11-5-6-12(17(18)19)7-13(11)15/h5-7,10,16H,8-9H2,1-4H3. The lowest BCUT2D eigenvalue weighted by Gasteiger charge is -2.29. The third-order valence-electron chi connectivity index (χ3n) is 3.71. The van der Waals surface area contributed by atoms with Gasteiger partial charge >= 0.3 is 0 Å². The molecule has 106 valence electrons. The largest absolute Gasteiger partial charge is 0.312 e. The SMILES string of the molecule is CC(C)C(C)(C)CNCc1ccc([N+](=O)[O-])cc1Cl. The van der Waals surface area contributed by atoms with E-state index in [1.165, 1.54) is 12.1 Å². The first kappa shape index (κ1) is 15.9. The summed E-state index contributed by atoms with van der Waals surface area (Å²) in [7, 11) is 0. The highest BCUT2D eigenvalue weighted by Crippen LogP contribution is 2.26. The van der Waals surface area contributed by atoms with E-state index in [1.54, 1.807) is 6.07 Å². The van der Waals surface area contributed by atoms with E-state index in [9.17, 15) is 10.1 Å². The number of halogens is 1. The second-order valence-electron chi connectivity index (χ2n) is 5.78. The molecule has 0 aliphatic carbocycles. The van der Waals surface area contributed by atoms with Gasteiger partial charge in [0.25, 0.3) is 5.69 Å². The van der Waals surface area contributed by atoms with Gasteiger partial charge in [-0.3, -0.25) is 10.1 Å². The van der Waals surface area contributed by atoms with Crippen LogP contribution in [0.4, 0.5) is 5.69 Å². The number of non-ortho nitro benzene ring substituents is 1. The summed E-state index contributed by atoms with van der Waals surface area (Å²) in [5.41, 5.74) is 1.11. The van der Waals surface area contributed by atoms with Gasteiger partial charge in [0.05, 0.1) is 9.95 Å². The molecule has 1 aromatic carbocycles. The summed E-state index contributed by atoms with van der Waals surface area (Å²) in [6.07, 6.45) is 0. The van der Waals surface area contributed by atoms with Crippen molar-refractivity contribution in [2.45, 2.75) is 34.2 Å². The van der Waals surface area contributed by atoms with Crippen LogP contribution in [0.15, 0.2) is 18.2 Å². The van der Waals surface area contributed by atoms with Crippen LogP contribution in [0.3, 0.4) is 0 Å². The lowest BCUT2D eigenvalue weighted by molar-refractivity contribution is -0.384. The molecule has 0 amide bonds. The van der Waals surface area contributed by atoms with Crippen LogP contribution in [0, 0.1) is 21.4 Å². The molecule has 19 heavy (non-hydrogen) atoms. The van der Waals surface area contributed by atoms with Crippen molar-refractivity contribution in [1.29, 1.82) is 0 Å². The molecule has 0 fully saturated rings. The molecule has 5 heteroatoms. The fraction of sp³-hybridized carbons (Fsp3) is 0.571. The highest BCUT2D eigenvalue weighted by Gasteiger charge is 2.21. The molecule has 0 aliphatic rings. The van der Waals surface area contributed by atoms with Crippen molar-refractivity contribution in [3.05, 3.63) is 38.9 Å². The predicted octanol–water partition coefficient (Wildman–Crippen LogP) is 4.02. The quantitative estimate of drug-likeness (QED) is 0.634. The molecule has 1 N–H and O–H groups in total. The first-order chi connectivity index (χ1) is 8.74. The molecular weight excluding hydrogens is 264 g/mol. The third-order valence-corrected chi connectivity index (χ3v) is 4.06. The molecule has 0 saturated heterocycles. The fourth-order valence-electron chi connectivity index (χ4n) is 1.52. The first-order valence-corrected chi connectivity index (χ1v) is 6.75. The van der Waals surface area contributed by atoms with Crippen LogP contribution in [0.5, 0.6) is 0 Å². The number of hydrogen-bond donors (Lipinski definition) is 1. The zero-order valence-corrected chi connectivity index (χ0v) is 12.6. The van der Waals surface area contributed by atoms with Crippen molar-refractivity contribution in [2.75, 3.05) is 6.54 Å². The van der Waals surface area contributed by atoms with E-state index in [4.69, 9.17) is 11.6 Å². The molecule has 0 spiro atoms. The average molecular weight is 285 g/mol. The molecule has 0 bridgehead atoms. The Bertz CT molecular complexity index is 459. The normalized spacial score (nSPS) is 11.9. The Labute approximate surface area is 119 Å². The molecule has 0 heterocycles. The second-order valence-corrected chi connectivity index (χ2v) is 6.19. The minimum absolute atomic E-state index is 0.0243. The average Bonchev–Trinajstić information content (AvgIpc) is 2.30. The van der Waals surface area contributed by atoms with Crippen LogP contribution in [0.2, 0.25) is 5.02 Å². The molecule has 4 nitrogen and oxygen atoms in total. The second kappa shape index (κ2) is 6.35. The zero-order valence-electron chi connectivity index (χ0n) is 11.9. The van der Waals surface area contributed by atoms with Gasteiger partial charge in [0.2, 0.25) is 0 Å². The number of benzene rings is 1.